The standard InChI is InChI=1S/C18H19ClN2O4/c1-4-24-14-7-5-13(6-8-14)21-15(22)10-25-18(23)16-11(2)9-12(3)20-17(16)19/h5-9H,4,10H2,1-3H3,(H,21,22). The molecule has 0 saturated heterocycles. The Bertz CT molecular complexity index is 752. The molecule has 0 aliphatic carbocycles. The number of carbonyl (C=O) groups excluding carboxylic acids is 2. The molecular formula is C18H19ClN2O4. The molecule has 25 heavy (non-hydrogen) atoms. The Hall–Kier alpha value is -2.60. The molecule has 0 saturated carbocycles. The fraction of sp³-hybridized carbons (Fsp3) is 0.278. The van der Waals surface area contributed by atoms with Crippen LogP contribution >= 0.6 is 11.6 Å². The number of nitrogens with one attached hydrogen (secondary N) is 1. The summed E-state index contributed by atoms with van der Waals surface area (Å²) in [6.07, 6.45) is 0. The molecule has 6 nitrogen and oxygen atoms in total. The molecule has 1 heterocycles. The molecule has 0 radical (unpaired) electrons. The molecule has 1 N–H and O–H groups in total. The van der Waals surface area contributed by atoms with Gasteiger partial charge in [0, 0.05) is 11.4 Å². The molecule has 2 rings (SSSR count). The first kappa shape index (κ1) is 18.7. The van der Waals surface area contributed by atoms with Crippen molar-refractivity contribution in [3.8, 4) is 5.75 Å². The van der Waals surface area contributed by atoms with E-state index in [0.717, 1.165) is 0 Å². The highest BCUT2D eigenvalue weighted by molar-refractivity contribution is 6.32. The predicted molar refractivity (Wildman–Crippen MR) is 95.2 cm³/mol. The van der Waals surface area contributed by atoms with E-state index < -0.39 is 18.5 Å². The Balaban J connectivity index is 1.92. The van der Waals surface area contributed by atoms with Crippen molar-refractivity contribution in [3.05, 3.63) is 52.3 Å². The number of hydrogen-bond acceptors (Lipinski definition) is 5. The molecule has 0 aliphatic heterocycles. The average Bonchev–Trinajstić information content (AvgIpc) is 2.54. The fourth-order valence-corrected chi connectivity index (χ4v) is 2.60. The quantitative estimate of drug-likeness (QED) is 0.628. The van der Waals surface area contributed by atoms with E-state index in [2.05, 4.69) is 10.3 Å². The van der Waals surface area contributed by atoms with Gasteiger partial charge in [0.2, 0.25) is 0 Å². The molecule has 7 heteroatoms. The van der Waals surface area contributed by atoms with E-state index in [-0.39, 0.29) is 10.7 Å². The number of halogens is 1. The first-order chi connectivity index (χ1) is 11.9. The van der Waals surface area contributed by atoms with Crippen LogP contribution in [0.1, 0.15) is 28.5 Å². The zero-order valence-corrected chi connectivity index (χ0v) is 15.0. The van der Waals surface area contributed by atoms with E-state index in [1.165, 1.54) is 0 Å². The summed E-state index contributed by atoms with van der Waals surface area (Å²) < 4.78 is 10.3. The molecule has 0 unspecified atom stereocenters. The molecule has 0 spiro atoms. The van der Waals surface area contributed by atoms with Gasteiger partial charge >= 0.3 is 5.97 Å². The number of nitrogens with zero attached hydrogens (tertiary/aromatic N) is 1. The van der Waals surface area contributed by atoms with Crippen LogP contribution < -0.4 is 10.1 Å². The highest BCUT2D eigenvalue weighted by atomic mass is 35.5. The third kappa shape index (κ3) is 5.19. The van der Waals surface area contributed by atoms with Gasteiger partial charge in [0.25, 0.3) is 5.91 Å². The van der Waals surface area contributed by atoms with Gasteiger partial charge in [-0.15, -0.1) is 0 Å². The van der Waals surface area contributed by atoms with Crippen LogP contribution in [0.5, 0.6) is 5.75 Å². The Morgan fingerprint density at radius 1 is 1.20 bits per heavy atom. The van der Waals surface area contributed by atoms with Crippen molar-refractivity contribution < 1.29 is 19.1 Å². The summed E-state index contributed by atoms with van der Waals surface area (Å²) in [5.74, 6) is -0.424. The number of anilines is 1. The van der Waals surface area contributed by atoms with Crippen molar-refractivity contribution in [1.29, 1.82) is 0 Å². The monoisotopic (exact) mass is 362 g/mol. The van der Waals surface area contributed by atoms with Crippen LogP contribution in [-0.2, 0) is 9.53 Å². The lowest BCUT2D eigenvalue weighted by atomic mass is 10.1. The summed E-state index contributed by atoms with van der Waals surface area (Å²) in [5, 5.41) is 2.70. The second-order valence-electron chi connectivity index (χ2n) is 5.33. The van der Waals surface area contributed by atoms with Gasteiger partial charge in [-0.25, -0.2) is 9.78 Å². The van der Waals surface area contributed by atoms with E-state index >= 15 is 0 Å². The molecule has 1 aromatic heterocycles. The highest BCUT2D eigenvalue weighted by Gasteiger charge is 2.18. The van der Waals surface area contributed by atoms with Gasteiger partial charge in [0.15, 0.2) is 6.61 Å². The summed E-state index contributed by atoms with van der Waals surface area (Å²) in [7, 11) is 0. The minimum atomic E-state index is -0.683. The van der Waals surface area contributed by atoms with Crippen molar-refractivity contribution in [2.75, 3.05) is 18.5 Å². The first-order valence-electron chi connectivity index (χ1n) is 7.74. The number of pyridine rings is 1. The van der Waals surface area contributed by atoms with Crippen molar-refractivity contribution >= 4 is 29.2 Å². The van der Waals surface area contributed by atoms with Gasteiger partial charge < -0.3 is 14.8 Å². The number of hydrogen-bond donors (Lipinski definition) is 1. The predicted octanol–water partition coefficient (Wildman–Crippen LogP) is 3.55. The summed E-state index contributed by atoms with van der Waals surface area (Å²) in [4.78, 5) is 28.1. The van der Waals surface area contributed by atoms with Crippen molar-refractivity contribution in [3.63, 3.8) is 0 Å². The molecule has 0 fully saturated rings. The third-order valence-electron chi connectivity index (χ3n) is 3.29. The molecule has 132 valence electrons. The summed E-state index contributed by atoms with van der Waals surface area (Å²) >= 11 is 5.99. The van der Waals surface area contributed by atoms with Gasteiger partial charge in [-0.2, -0.15) is 0 Å². The minimum absolute atomic E-state index is 0.0643. The van der Waals surface area contributed by atoms with Crippen LogP contribution in [0.25, 0.3) is 0 Å². The van der Waals surface area contributed by atoms with Crippen LogP contribution in [-0.4, -0.2) is 30.1 Å². The average molecular weight is 363 g/mol. The number of rotatable bonds is 6. The third-order valence-corrected chi connectivity index (χ3v) is 3.56. The highest BCUT2D eigenvalue weighted by Crippen LogP contribution is 2.20. The summed E-state index contributed by atoms with van der Waals surface area (Å²) in [5.41, 5.74) is 2.10. The van der Waals surface area contributed by atoms with E-state index in [1.54, 1.807) is 44.2 Å². The molecule has 0 aliphatic rings. The normalized spacial score (nSPS) is 10.2. The maximum Gasteiger partial charge on any atom is 0.342 e. The van der Waals surface area contributed by atoms with Gasteiger partial charge in [0.1, 0.15) is 10.9 Å². The van der Waals surface area contributed by atoms with Crippen LogP contribution in [0.3, 0.4) is 0 Å². The van der Waals surface area contributed by atoms with Crippen LogP contribution in [0.15, 0.2) is 30.3 Å². The lowest BCUT2D eigenvalue weighted by molar-refractivity contribution is -0.119. The van der Waals surface area contributed by atoms with Crippen molar-refractivity contribution in [2.24, 2.45) is 0 Å². The zero-order valence-electron chi connectivity index (χ0n) is 14.3. The SMILES string of the molecule is CCOc1ccc(NC(=O)COC(=O)c2c(C)cc(C)nc2Cl)cc1. The minimum Gasteiger partial charge on any atom is -0.494 e. The topological polar surface area (TPSA) is 77.5 Å². The first-order valence-corrected chi connectivity index (χ1v) is 8.12. The zero-order chi connectivity index (χ0) is 18.4. The van der Waals surface area contributed by atoms with E-state index in [0.29, 0.717) is 29.3 Å². The molecule has 2 aromatic rings. The lowest BCUT2D eigenvalue weighted by Crippen LogP contribution is -2.21. The van der Waals surface area contributed by atoms with E-state index in [4.69, 9.17) is 21.1 Å². The van der Waals surface area contributed by atoms with Crippen LogP contribution in [0.4, 0.5) is 5.69 Å². The number of esters is 1. The number of benzene rings is 1. The Labute approximate surface area is 151 Å². The number of amides is 1. The lowest BCUT2D eigenvalue weighted by Gasteiger charge is -2.10. The Morgan fingerprint density at radius 2 is 1.88 bits per heavy atom. The molecule has 1 amide bonds. The van der Waals surface area contributed by atoms with Crippen molar-refractivity contribution in [1.82, 2.24) is 4.98 Å². The van der Waals surface area contributed by atoms with E-state index in [9.17, 15) is 9.59 Å². The smallest absolute Gasteiger partial charge is 0.342 e. The van der Waals surface area contributed by atoms with Gasteiger partial charge in [-0.1, -0.05) is 11.6 Å². The van der Waals surface area contributed by atoms with Gasteiger partial charge in [-0.05, 0) is 56.7 Å². The fourth-order valence-electron chi connectivity index (χ4n) is 2.24. The second-order valence-corrected chi connectivity index (χ2v) is 5.69. The van der Waals surface area contributed by atoms with Gasteiger partial charge in [0.05, 0.1) is 12.2 Å². The number of aryl methyl sites for hydroxylation is 2. The Morgan fingerprint density at radius 3 is 2.48 bits per heavy atom. The Kier molecular flexibility index (Phi) is 6.36. The van der Waals surface area contributed by atoms with Gasteiger partial charge in [-0.3, -0.25) is 4.79 Å². The van der Waals surface area contributed by atoms with Crippen molar-refractivity contribution in [2.45, 2.75) is 20.8 Å². The maximum atomic E-state index is 12.1. The number of carbonyl (C=O) groups is 2. The van der Waals surface area contributed by atoms with Crippen LogP contribution in [0, 0.1) is 13.8 Å². The number of ether oxygens (including phenoxy) is 2. The van der Waals surface area contributed by atoms with E-state index in [1.807, 2.05) is 6.92 Å². The molecule has 0 bridgehead atoms. The molecule has 1 aromatic carbocycles. The second kappa shape index (κ2) is 8.48. The largest absolute Gasteiger partial charge is 0.494 e. The maximum absolute atomic E-state index is 12.1. The van der Waals surface area contributed by atoms with Crippen LogP contribution in [0.2, 0.25) is 5.15 Å². The number of aromatic nitrogens is 1. The summed E-state index contributed by atoms with van der Waals surface area (Å²) in [6.45, 7) is 5.55. The summed E-state index contributed by atoms with van der Waals surface area (Å²) in [6, 6.07) is 8.62. The molecular weight excluding hydrogens is 344 g/mol. The molecule has 0 atom stereocenters.